The zero-order valence-electron chi connectivity index (χ0n) is 11.3. The summed E-state index contributed by atoms with van der Waals surface area (Å²) in [6.45, 7) is 1.73. The van der Waals surface area contributed by atoms with Crippen LogP contribution in [0, 0.1) is 6.92 Å². The van der Waals surface area contributed by atoms with Crippen molar-refractivity contribution >= 4 is 5.91 Å². The number of rotatable bonds is 5. The van der Waals surface area contributed by atoms with Gasteiger partial charge in [-0.25, -0.2) is 0 Å². The van der Waals surface area contributed by atoms with Gasteiger partial charge in [0.05, 0.1) is 0 Å². The smallest absolute Gasteiger partial charge is 0.405 e. The second-order valence-corrected chi connectivity index (χ2v) is 4.51. The van der Waals surface area contributed by atoms with E-state index >= 15 is 0 Å². The topological polar surface area (TPSA) is 64.3 Å². The maximum atomic E-state index is 11.9. The summed E-state index contributed by atoms with van der Waals surface area (Å²) in [5.41, 5.74) is 7.35. The molecule has 0 saturated carbocycles. The molecule has 0 spiro atoms. The maximum absolute atomic E-state index is 11.9. The summed E-state index contributed by atoms with van der Waals surface area (Å²) >= 11 is 0. The quantitative estimate of drug-likeness (QED) is 0.872. The molecule has 0 radical (unpaired) electrons. The van der Waals surface area contributed by atoms with Gasteiger partial charge in [0, 0.05) is 11.6 Å². The van der Waals surface area contributed by atoms with Gasteiger partial charge in [0.1, 0.15) is 12.3 Å². The number of nitrogens with two attached hydrogens (primary N) is 1. The minimum atomic E-state index is -4.43. The molecular weight excluding hydrogens is 273 g/mol. The van der Waals surface area contributed by atoms with Gasteiger partial charge in [-0.1, -0.05) is 12.1 Å². The molecule has 4 nitrogen and oxygen atoms in total. The number of nitrogens with one attached hydrogen (secondary N) is 1. The van der Waals surface area contributed by atoms with E-state index < -0.39 is 25.2 Å². The minimum Gasteiger partial charge on any atom is -0.483 e. The monoisotopic (exact) mass is 290 g/mol. The highest BCUT2D eigenvalue weighted by Crippen LogP contribution is 2.25. The fourth-order valence-electron chi connectivity index (χ4n) is 1.54. The van der Waals surface area contributed by atoms with Crippen LogP contribution in [0.25, 0.3) is 0 Å². The van der Waals surface area contributed by atoms with Crippen molar-refractivity contribution in [1.82, 2.24) is 5.32 Å². The van der Waals surface area contributed by atoms with Crippen molar-refractivity contribution < 1.29 is 22.7 Å². The summed E-state index contributed by atoms with van der Waals surface area (Å²) in [4.78, 5) is 11.3. The molecule has 1 aromatic carbocycles. The number of ether oxygens (including phenoxy) is 1. The van der Waals surface area contributed by atoms with Crippen LogP contribution < -0.4 is 15.8 Å². The van der Waals surface area contributed by atoms with E-state index in [1.807, 2.05) is 13.0 Å². The predicted octanol–water partition coefficient (Wildman–Crippen LogP) is 2.07. The van der Waals surface area contributed by atoms with E-state index in [1.165, 1.54) is 0 Å². The first kappa shape index (κ1) is 16.3. The number of benzene rings is 1. The van der Waals surface area contributed by atoms with Gasteiger partial charge in [0.25, 0.3) is 5.91 Å². The number of halogens is 3. The number of alkyl halides is 3. The molecule has 1 unspecified atom stereocenters. The predicted molar refractivity (Wildman–Crippen MR) is 68.3 cm³/mol. The third kappa shape index (κ3) is 5.48. The average Bonchev–Trinajstić information content (AvgIpc) is 2.32. The Morgan fingerprint density at radius 3 is 2.65 bits per heavy atom. The summed E-state index contributed by atoms with van der Waals surface area (Å²) in [6, 6.07) is 5.00. The lowest BCUT2D eigenvalue weighted by Crippen LogP contribution is -2.36. The molecule has 112 valence electrons. The summed E-state index contributed by atoms with van der Waals surface area (Å²) in [5.74, 6) is -0.429. The molecule has 7 heteroatoms. The summed E-state index contributed by atoms with van der Waals surface area (Å²) in [7, 11) is 0. The third-order valence-electron chi connectivity index (χ3n) is 2.50. The van der Waals surface area contributed by atoms with Crippen LogP contribution in [-0.4, -0.2) is 25.2 Å². The van der Waals surface area contributed by atoms with Crippen LogP contribution in [0.15, 0.2) is 18.2 Å². The van der Waals surface area contributed by atoms with Crippen molar-refractivity contribution in [2.24, 2.45) is 5.73 Å². The lowest BCUT2D eigenvalue weighted by atomic mass is 10.1. The van der Waals surface area contributed by atoms with Crippen molar-refractivity contribution in [3.05, 3.63) is 29.3 Å². The molecular formula is C13H17F3N2O2. The first-order valence-corrected chi connectivity index (χ1v) is 6.01. The molecule has 20 heavy (non-hydrogen) atoms. The van der Waals surface area contributed by atoms with Gasteiger partial charge in [-0.3, -0.25) is 4.79 Å². The zero-order chi connectivity index (χ0) is 15.3. The summed E-state index contributed by atoms with van der Waals surface area (Å²) in [5, 5.41) is 1.74. The number of amides is 1. The van der Waals surface area contributed by atoms with E-state index in [4.69, 9.17) is 10.5 Å². The lowest BCUT2D eigenvalue weighted by Gasteiger charge is -2.15. The third-order valence-corrected chi connectivity index (χ3v) is 2.50. The van der Waals surface area contributed by atoms with Crippen LogP contribution in [0.1, 0.15) is 24.1 Å². The van der Waals surface area contributed by atoms with Gasteiger partial charge in [0.2, 0.25) is 0 Å². The zero-order valence-corrected chi connectivity index (χ0v) is 11.3. The second-order valence-electron chi connectivity index (χ2n) is 4.51. The van der Waals surface area contributed by atoms with Crippen molar-refractivity contribution in [3.63, 3.8) is 0 Å². The molecule has 1 amide bonds. The molecule has 0 aromatic heterocycles. The first-order chi connectivity index (χ1) is 9.19. The molecule has 3 N–H and O–H groups in total. The Kier molecular flexibility index (Phi) is 5.38. The molecule has 1 aromatic rings. The van der Waals surface area contributed by atoms with E-state index in [0.29, 0.717) is 11.3 Å². The lowest BCUT2D eigenvalue weighted by molar-refractivity contribution is -0.139. The van der Waals surface area contributed by atoms with Gasteiger partial charge < -0.3 is 15.8 Å². The highest BCUT2D eigenvalue weighted by molar-refractivity contribution is 5.77. The van der Waals surface area contributed by atoms with Crippen LogP contribution in [-0.2, 0) is 4.79 Å². The molecule has 0 aliphatic carbocycles. The summed E-state index contributed by atoms with van der Waals surface area (Å²) < 4.78 is 41.0. The van der Waals surface area contributed by atoms with Gasteiger partial charge in [0.15, 0.2) is 6.61 Å². The van der Waals surface area contributed by atoms with Crippen molar-refractivity contribution in [3.8, 4) is 5.75 Å². The van der Waals surface area contributed by atoms with Crippen molar-refractivity contribution in [2.75, 3.05) is 13.2 Å². The molecule has 0 fully saturated rings. The normalized spacial score (nSPS) is 12.9. The summed E-state index contributed by atoms with van der Waals surface area (Å²) in [6.07, 6.45) is -4.43. The standard InChI is InChI=1S/C13H17F3N2O2/c1-8-3-4-10(9(2)17)11(5-8)20-6-12(19)18-7-13(14,15)16/h3-5,9H,6-7,17H2,1-2H3,(H,18,19). The highest BCUT2D eigenvalue weighted by Gasteiger charge is 2.27. The first-order valence-electron chi connectivity index (χ1n) is 6.01. The van der Waals surface area contributed by atoms with Crippen molar-refractivity contribution in [2.45, 2.75) is 26.1 Å². The Balaban J connectivity index is 2.61. The highest BCUT2D eigenvalue weighted by atomic mass is 19.4. The number of hydrogen-bond acceptors (Lipinski definition) is 3. The number of carbonyl (C=O) groups is 1. The average molecular weight is 290 g/mol. The molecule has 0 aliphatic rings. The van der Waals surface area contributed by atoms with E-state index in [1.54, 1.807) is 24.4 Å². The Bertz CT molecular complexity index is 473. The minimum absolute atomic E-state index is 0.302. The maximum Gasteiger partial charge on any atom is 0.405 e. The van der Waals surface area contributed by atoms with Crippen LogP contribution >= 0.6 is 0 Å². The van der Waals surface area contributed by atoms with Crippen LogP contribution in [0.3, 0.4) is 0 Å². The molecule has 1 atom stereocenters. The Morgan fingerprint density at radius 1 is 1.45 bits per heavy atom. The van der Waals surface area contributed by atoms with Crippen LogP contribution in [0.2, 0.25) is 0 Å². The van der Waals surface area contributed by atoms with E-state index in [2.05, 4.69) is 0 Å². The van der Waals surface area contributed by atoms with Gasteiger partial charge in [-0.15, -0.1) is 0 Å². The molecule has 0 heterocycles. The van der Waals surface area contributed by atoms with Gasteiger partial charge in [-0.2, -0.15) is 13.2 Å². The SMILES string of the molecule is Cc1ccc(C(C)N)c(OCC(=O)NCC(F)(F)F)c1. The van der Waals surface area contributed by atoms with E-state index in [0.717, 1.165) is 5.56 Å². The van der Waals surface area contributed by atoms with Crippen LogP contribution in [0.5, 0.6) is 5.75 Å². The molecule has 0 saturated heterocycles. The Labute approximate surface area is 115 Å². The largest absolute Gasteiger partial charge is 0.483 e. The number of hydrogen-bond donors (Lipinski definition) is 2. The Hall–Kier alpha value is -1.76. The Morgan fingerprint density at radius 2 is 2.10 bits per heavy atom. The van der Waals surface area contributed by atoms with E-state index in [9.17, 15) is 18.0 Å². The van der Waals surface area contributed by atoms with Gasteiger partial charge >= 0.3 is 6.18 Å². The number of aryl methyl sites for hydroxylation is 1. The van der Waals surface area contributed by atoms with Gasteiger partial charge in [-0.05, 0) is 25.5 Å². The fraction of sp³-hybridized carbons (Fsp3) is 0.462. The molecule has 0 bridgehead atoms. The molecule has 0 aliphatic heterocycles. The van der Waals surface area contributed by atoms with Crippen LogP contribution in [0.4, 0.5) is 13.2 Å². The fourth-order valence-corrected chi connectivity index (χ4v) is 1.54. The van der Waals surface area contributed by atoms with Crippen molar-refractivity contribution in [1.29, 1.82) is 0 Å². The molecule has 1 rings (SSSR count). The van der Waals surface area contributed by atoms with E-state index in [-0.39, 0.29) is 6.04 Å². The second kappa shape index (κ2) is 6.60. The number of carbonyl (C=O) groups excluding carboxylic acids is 1.